The number of piperidine rings is 1. The summed E-state index contributed by atoms with van der Waals surface area (Å²) in [6.07, 6.45) is -3.06. The van der Waals surface area contributed by atoms with Gasteiger partial charge in [-0.15, -0.1) is 0 Å². The van der Waals surface area contributed by atoms with Gasteiger partial charge in [-0.2, -0.15) is 13.2 Å². The van der Waals surface area contributed by atoms with Crippen LogP contribution in [0, 0.1) is 0 Å². The average molecular weight is 485 g/mol. The minimum atomic E-state index is -4.65. The molecular weight excluding hydrogens is 453 g/mol. The second-order valence-electron chi connectivity index (χ2n) is 10.4. The maximum Gasteiger partial charge on any atom is 0.433 e. The highest BCUT2D eigenvalue weighted by Gasteiger charge is 2.45. The molecule has 0 aromatic carbocycles. The van der Waals surface area contributed by atoms with Crippen molar-refractivity contribution in [3.05, 3.63) is 29.1 Å². The molecule has 1 aliphatic carbocycles. The lowest BCUT2D eigenvalue weighted by atomic mass is 9.67. The quantitative estimate of drug-likeness (QED) is 0.679. The number of ether oxygens (including phenoxy) is 1. The number of alkyl halides is 3. The van der Waals surface area contributed by atoms with Crippen molar-refractivity contribution in [1.82, 2.24) is 15.2 Å². The Morgan fingerprint density at radius 1 is 1.09 bits per heavy atom. The zero-order chi connectivity index (χ0) is 25.5. The molecule has 3 rings (SSSR count). The summed E-state index contributed by atoms with van der Waals surface area (Å²) in [6.45, 7) is 7.23. The van der Waals surface area contributed by atoms with Gasteiger partial charge in [0.2, 0.25) is 5.91 Å². The van der Waals surface area contributed by atoms with Gasteiger partial charge in [-0.25, -0.2) is 9.78 Å². The number of pyridine rings is 1. The zero-order valence-electron chi connectivity index (χ0n) is 19.8. The second kappa shape index (κ2) is 8.74. The monoisotopic (exact) mass is 484 g/mol. The number of carbonyl (C=O) groups excluding carboxylic acids is 3. The maximum atomic E-state index is 13.3. The topological polar surface area (TPSA) is 115 Å². The molecule has 11 heteroatoms. The van der Waals surface area contributed by atoms with Crippen LogP contribution in [0.2, 0.25) is 0 Å². The van der Waals surface area contributed by atoms with E-state index in [9.17, 15) is 27.6 Å². The molecule has 1 saturated heterocycles. The van der Waals surface area contributed by atoms with Crippen LogP contribution in [-0.4, -0.2) is 52.0 Å². The van der Waals surface area contributed by atoms with Gasteiger partial charge in [-0.3, -0.25) is 9.59 Å². The average Bonchev–Trinajstić information content (AvgIpc) is 2.70. The molecule has 1 aromatic heterocycles. The van der Waals surface area contributed by atoms with Crippen molar-refractivity contribution >= 4 is 17.9 Å². The number of hydrogen-bond donors (Lipinski definition) is 2. The van der Waals surface area contributed by atoms with Crippen LogP contribution in [-0.2, 0) is 21.1 Å². The van der Waals surface area contributed by atoms with Crippen molar-refractivity contribution in [3.8, 4) is 0 Å². The van der Waals surface area contributed by atoms with E-state index in [4.69, 9.17) is 10.5 Å². The number of halogens is 3. The summed E-state index contributed by atoms with van der Waals surface area (Å²) in [5.74, 6) is -1.49. The first-order chi connectivity index (χ1) is 15.6. The molecule has 1 aliphatic heterocycles. The summed E-state index contributed by atoms with van der Waals surface area (Å²) >= 11 is 0. The predicted molar refractivity (Wildman–Crippen MR) is 117 cm³/mol. The van der Waals surface area contributed by atoms with Gasteiger partial charge in [0.1, 0.15) is 16.8 Å². The fourth-order valence-electron chi connectivity index (χ4n) is 4.32. The molecule has 3 N–H and O–H groups in total. The number of rotatable bonds is 4. The Morgan fingerprint density at radius 2 is 1.68 bits per heavy atom. The number of nitrogens with one attached hydrogen (secondary N) is 1. The van der Waals surface area contributed by atoms with Crippen molar-refractivity contribution < 1.29 is 32.3 Å². The number of amides is 3. The molecule has 1 saturated carbocycles. The van der Waals surface area contributed by atoms with E-state index < -0.39 is 46.3 Å². The molecule has 1 aromatic rings. The molecule has 0 atom stereocenters. The van der Waals surface area contributed by atoms with Crippen LogP contribution in [0.5, 0.6) is 0 Å². The predicted octanol–water partition coefficient (Wildman–Crippen LogP) is 3.53. The summed E-state index contributed by atoms with van der Waals surface area (Å²) in [5, 5.41) is 2.66. The summed E-state index contributed by atoms with van der Waals surface area (Å²) < 4.78 is 45.2. The molecular formula is C23H31F3N4O4. The van der Waals surface area contributed by atoms with E-state index in [1.807, 2.05) is 0 Å². The summed E-state index contributed by atoms with van der Waals surface area (Å²) in [5.41, 5.74) is 1.84. The van der Waals surface area contributed by atoms with Gasteiger partial charge < -0.3 is 20.7 Å². The van der Waals surface area contributed by atoms with Crippen molar-refractivity contribution in [2.24, 2.45) is 5.73 Å². The van der Waals surface area contributed by atoms with Crippen LogP contribution in [0.25, 0.3) is 0 Å². The zero-order valence-corrected chi connectivity index (χ0v) is 19.8. The molecule has 0 radical (unpaired) electrons. The Labute approximate surface area is 196 Å². The molecule has 2 aliphatic rings. The highest BCUT2D eigenvalue weighted by atomic mass is 19.4. The minimum absolute atomic E-state index is 0.00889. The molecule has 2 fully saturated rings. The number of likely N-dealkylation sites (tertiary alicyclic amines) is 1. The Bertz CT molecular complexity index is 975. The molecule has 0 spiro atoms. The minimum Gasteiger partial charge on any atom is -0.444 e. The van der Waals surface area contributed by atoms with Gasteiger partial charge in [0, 0.05) is 18.5 Å². The van der Waals surface area contributed by atoms with E-state index in [0.717, 1.165) is 18.6 Å². The van der Waals surface area contributed by atoms with Crippen LogP contribution >= 0.6 is 0 Å². The number of nitrogens with zero attached hydrogens (tertiary/aromatic N) is 2. The lowest BCUT2D eigenvalue weighted by Crippen LogP contribution is -2.63. The van der Waals surface area contributed by atoms with Crippen LogP contribution in [0.15, 0.2) is 12.1 Å². The third kappa shape index (κ3) is 5.28. The van der Waals surface area contributed by atoms with Crippen LogP contribution < -0.4 is 11.1 Å². The van der Waals surface area contributed by atoms with Crippen molar-refractivity contribution in [3.63, 3.8) is 0 Å². The third-order valence-corrected chi connectivity index (χ3v) is 6.55. The molecule has 3 amide bonds. The normalized spacial score (nSPS) is 19.7. The van der Waals surface area contributed by atoms with Crippen molar-refractivity contribution in [2.75, 3.05) is 13.1 Å². The van der Waals surface area contributed by atoms with E-state index in [-0.39, 0.29) is 37.2 Å². The van der Waals surface area contributed by atoms with E-state index in [0.29, 0.717) is 12.8 Å². The maximum absolute atomic E-state index is 13.3. The van der Waals surface area contributed by atoms with Gasteiger partial charge in [0.15, 0.2) is 0 Å². The fourth-order valence-corrected chi connectivity index (χ4v) is 4.32. The van der Waals surface area contributed by atoms with E-state index in [2.05, 4.69) is 10.3 Å². The Hall–Kier alpha value is -2.85. The number of primary amides is 1. The first-order valence-electron chi connectivity index (χ1n) is 11.3. The Morgan fingerprint density at radius 3 is 2.12 bits per heavy atom. The Balaban J connectivity index is 1.83. The lowest BCUT2D eigenvalue weighted by Gasteiger charge is -2.41. The van der Waals surface area contributed by atoms with Gasteiger partial charge in [-0.1, -0.05) is 13.3 Å². The Kier molecular flexibility index (Phi) is 6.62. The van der Waals surface area contributed by atoms with E-state index >= 15 is 0 Å². The molecule has 188 valence electrons. The molecule has 2 heterocycles. The van der Waals surface area contributed by atoms with Gasteiger partial charge >= 0.3 is 12.3 Å². The lowest BCUT2D eigenvalue weighted by molar-refractivity contribution is -0.141. The van der Waals surface area contributed by atoms with Crippen LogP contribution in [0.3, 0.4) is 0 Å². The van der Waals surface area contributed by atoms with E-state index in [1.165, 1.54) is 4.90 Å². The third-order valence-electron chi connectivity index (χ3n) is 6.55. The molecule has 8 nitrogen and oxygen atoms in total. The van der Waals surface area contributed by atoms with Crippen LogP contribution in [0.1, 0.15) is 81.5 Å². The van der Waals surface area contributed by atoms with E-state index in [1.54, 1.807) is 27.7 Å². The largest absolute Gasteiger partial charge is 0.444 e. The summed E-state index contributed by atoms with van der Waals surface area (Å²) in [4.78, 5) is 43.2. The molecule has 0 unspecified atom stereocenters. The van der Waals surface area contributed by atoms with Crippen LogP contribution in [0.4, 0.5) is 18.0 Å². The second-order valence-corrected chi connectivity index (χ2v) is 10.4. The number of aromatic nitrogens is 1. The standard InChI is InChI=1S/C23H31F3N4O4/c1-20(2,3)34-19(33)30-12-10-22(11-13-30,18(27)32)29-17(31)14-6-7-15(23(24,25)26)28-16(14)21(4)8-5-9-21/h6-7H,5,8-13H2,1-4H3,(H2,27,32)(H,29,31). The number of hydrogen-bond acceptors (Lipinski definition) is 5. The summed E-state index contributed by atoms with van der Waals surface area (Å²) in [6, 6.07) is 1.87. The fraction of sp³-hybridized carbons (Fsp3) is 0.652. The van der Waals surface area contributed by atoms with Gasteiger partial charge in [-0.05, 0) is 58.6 Å². The SMILES string of the molecule is CC(C)(C)OC(=O)N1CCC(NC(=O)c2ccc(C(F)(F)F)nc2C2(C)CCC2)(C(N)=O)CC1. The van der Waals surface area contributed by atoms with Gasteiger partial charge in [0.05, 0.1) is 11.3 Å². The molecule has 0 bridgehead atoms. The van der Waals surface area contributed by atoms with Gasteiger partial charge in [0.25, 0.3) is 5.91 Å². The highest BCUT2D eigenvalue weighted by molar-refractivity contribution is 6.00. The van der Waals surface area contributed by atoms with Crippen molar-refractivity contribution in [1.29, 1.82) is 0 Å². The first-order valence-corrected chi connectivity index (χ1v) is 11.3. The first kappa shape index (κ1) is 25.8. The highest BCUT2D eigenvalue weighted by Crippen LogP contribution is 2.44. The van der Waals surface area contributed by atoms with Crippen molar-refractivity contribution in [2.45, 2.75) is 82.5 Å². The summed E-state index contributed by atoms with van der Waals surface area (Å²) in [7, 11) is 0. The smallest absolute Gasteiger partial charge is 0.433 e. The molecule has 34 heavy (non-hydrogen) atoms. The number of nitrogens with two attached hydrogens (primary N) is 1. The number of carbonyl (C=O) groups is 3.